The summed E-state index contributed by atoms with van der Waals surface area (Å²) in [7, 11) is 1.60. The third-order valence-corrected chi connectivity index (χ3v) is 4.35. The lowest BCUT2D eigenvalue weighted by molar-refractivity contribution is 0.167. The lowest BCUT2D eigenvalue weighted by Gasteiger charge is -2.21. The van der Waals surface area contributed by atoms with Crippen LogP contribution >= 0.6 is 11.8 Å². The summed E-state index contributed by atoms with van der Waals surface area (Å²) in [6, 6.07) is 5.58. The van der Waals surface area contributed by atoms with Gasteiger partial charge in [-0.05, 0) is 18.2 Å². The fourth-order valence-corrected chi connectivity index (χ4v) is 2.95. The largest absolute Gasteiger partial charge is 0.490 e. The Morgan fingerprint density at radius 1 is 1.35 bits per heavy atom. The molecule has 0 amide bonds. The van der Waals surface area contributed by atoms with Crippen molar-refractivity contribution in [1.82, 2.24) is 0 Å². The average molecular weight is 299 g/mol. The first-order valence-corrected chi connectivity index (χ1v) is 7.54. The van der Waals surface area contributed by atoms with E-state index in [1.165, 1.54) is 11.8 Å². The van der Waals surface area contributed by atoms with Gasteiger partial charge in [0.1, 0.15) is 0 Å². The number of ether oxygens (including phenoxy) is 3. The molecule has 0 spiro atoms. The first kappa shape index (κ1) is 15.4. The lowest BCUT2D eigenvalue weighted by Crippen LogP contribution is -2.38. The number of aliphatic hydroxyl groups excluding tert-OH is 1. The lowest BCUT2D eigenvalue weighted by atomic mass is 10.2. The van der Waals surface area contributed by atoms with Crippen molar-refractivity contribution in [1.29, 1.82) is 0 Å². The van der Waals surface area contributed by atoms with E-state index in [4.69, 9.17) is 19.9 Å². The smallest absolute Gasteiger partial charge is 0.162 e. The Hall–Kier alpha value is -0.950. The monoisotopic (exact) mass is 299 g/mol. The number of methoxy groups -OCH3 is 1. The number of nitrogens with two attached hydrogens (primary N) is 1. The van der Waals surface area contributed by atoms with E-state index in [9.17, 15) is 5.11 Å². The number of hydrogen-bond donors (Lipinski definition) is 2. The van der Waals surface area contributed by atoms with Gasteiger partial charge in [-0.25, -0.2) is 0 Å². The van der Waals surface area contributed by atoms with Gasteiger partial charge >= 0.3 is 0 Å². The van der Waals surface area contributed by atoms with Crippen molar-refractivity contribution in [3.05, 3.63) is 18.2 Å². The second-order valence-corrected chi connectivity index (χ2v) is 5.93. The van der Waals surface area contributed by atoms with Gasteiger partial charge in [-0.15, -0.1) is 11.8 Å². The maximum absolute atomic E-state index is 9.46. The summed E-state index contributed by atoms with van der Waals surface area (Å²) in [5.74, 6) is 1.53. The molecule has 2 unspecified atom stereocenters. The SMILES string of the molecule is COCC(N)C(CO)Sc1ccc2c(c1)OCCCO2. The van der Waals surface area contributed by atoms with Crippen LogP contribution in [0.25, 0.3) is 0 Å². The van der Waals surface area contributed by atoms with Gasteiger partial charge in [-0.3, -0.25) is 0 Å². The standard InChI is InChI=1S/C14H21NO4S/c1-17-9-11(15)14(8-16)20-10-3-4-12-13(7-10)19-6-2-5-18-12/h3-4,7,11,14,16H,2,5-6,8-9,15H2,1H3. The molecule has 1 heterocycles. The van der Waals surface area contributed by atoms with Gasteiger partial charge in [0.25, 0.3) is 0 Å². The zero-order valence-corrected chi connectivity index (χ0v) is 12.4. The van der Waals surface area contributed by atoms with Crippen LogP contribution < -0.4 is 15.2 Å². The van der Waals surface area contributed by atoms with Crippen molar-refractivity contribution in [3.8, 4) is 11.5 Å². The summed E-state index contributed by atoms with van der Waals surface area (Å²) in [4.78, 5) is 1.000. The number of thioether (sulfide) groups is 1. The van der Waals surface area contributed by atoms with Crippen LogP contribution in [0.1, 0.15) is 6.42 Å². The Bertz CT molecular complexity index is 430. The normalized spacial score (nSPS) is 17.4. The summed E-state index contributed by atoms with van der Waals surface area (Å²) >= 11 is 1.53. The molecule has 0 fully saturated rings. The average Bonchev–Trinajstić information content (AvgIpc) is 2.69. The summed E-state index contributed by atoms with van der Waals surface area (Å²) in [5.41, 5.74) is 5.99. The second-order valence-electron chi connectivity index (χ2n) is 4.62. The van der Waals surface area contributed by atoms with Gasteiger partial charge in [0.05, 0.1) is 26.4 Å². The van der Waals surface area contributed by atoms with Crippen LogP contribution in [-0.4, -0.2) is 49.9 Å². The molecule has 0 saturated heterocycles. The topological polar surface area (TPSA) is 73.9 Å². The molecule has 2 atom stereocenters. The van der Waals surface area contributed by atoms with E-state index >= 15 is 0 Å². The van der Waals surface area contributed by atoms with Crippen molar-refractivity contribution in [2.75, 3.05) is 33.5 Å². The van der Waals surface area contributed by atoms with Crippen LogP contribution in [0.5, 0.6) is 11.5 Å². The van der Waals surface area contributed by atoms with Crippen LogP contribution in [0.3, 0.4) is 0 Å². The Kier molecular flexibility index (Phi) is 5.97. The Morgan fingerprint density at radius 3 is 2.80 bits per heavy atom. The molecular formula is C14H21NO4S. The molecule has 0 radical (unpaired) electrons. The van der Waals surface area contributed by atoms with Crippen LogP contribution in [0.2, 0.25) is 0 Å². The maximum Gasteiger partial charge on any atom is 0.162 e. The highest BCUT2D eigenvalue weighted by Crippen LogP contribution is 2.35. The van der Waals surface area contributed by atoms with Crippen molar-refractivity contribution in [3.63, 3.8) is 0 Å². The minimum absolute atomic E-state index is 0.00361. The highest BCUT2D eigenvalue weighted by molar-refractivity contribution is 8.00. The minimum atomic E-state index is -0.217. The Labute approximate surface area is 123 Å². The van der Waals surface area contributed by atoms with Crippen molar-refractivity contribution in [2.45, 2.75) is 22.6 Å². The van der Waals surface area contributed by atoms with Crippen molar-refractivity contribution in [2.24, 2.45) is 5.73 Å². The van der Waals surface area contributed by atoms with Crippen LogP contribution in [-0.2, 0) is 4.74 Å². The van der Waals surface area contributed by atoms with Crippen LogP contribution in [0, 0.1) is 0 Å². The third kappa shape index (κ3) is 4.02. The van der Waals surface area contributed by atoms with Crippen LogP contribution in [0.15, 0.2) is 23.1 Å². The van der Waals surface area contributed by atoms with Gasteiger partial charge in [-0.1, -0.05) is 0 Å². The fraction of sp³-hybridized carbons (Fsp3) is 0.571. The minimum Gasteiger partial charge on any atom is -0.490 e. The van der Waals surface area contributed by atoms with Gasteiger partial charge in [0.15, 0.2) is 11.5 Å². The van der Waals surface area contributed by atoms with E-state index in [0.29, 0.717) is 19.8 Å². The molecule has 1 aliphatic rings. The quantitative estimate of drug-likeness (QED) is 0.771. The number of aliphatic hydroxyl groups is 1. The maximum atomic E-state index is 9.46. The molecule has 1 aliphatic heterocycles. The molecule has 1 aromatic carbocycles. The van der Waals surface area contributed by atoms with E-state index in [2.05, 4.69) is 0 Å². The summed E-state index contributed by atoms with van der Waals surface area (Å²) in [6.07, 6.45) is 0.884. The summed E-state index contributed by atoms with van der Waals surface area (Å²) in [6.45, 7) is 1.76. The summed E-state index contributed by atoms with van der Waals surface area (Å²) in [5, 5.41) is 9.34. The molecule has 5 nitrogen and oxygen atoms in total. The number of hydrogen-bond acceptors (Lipinski definition) is 6. The van der Waals surface area contributed by atoms with E-state index in [1.807, 2.05) is 18.2 Å². The molecular weight excluding hydrogens is 278 g/mol. The molecule has 112 valence electrons. The zero-order valence-electron chi connectivity index (χ0n) is 11.6. The summed E-state index contributed by atoms with van der Waals surface area (Å²) < 4.78 is 16.3. The van der Waals surface area contributed by atoms with Gasteiger partial charge < -0.3 is 25.1 Å². The van der Waals surface area contributed by atoms with E-state index in [-0.39, 0.29) is 17.9 Å². The third-order valence-electron chi connectivity index (χ3n) is 3.02. The Balaban J connectivity index is 2.06. The first-order chi connectivity index (χ1) is 9.74. The predicted molar refractivity (Wildman–Crippen MR) is 78.6 cm³/mol. The van der Waals surface area contributed by atoms with Gasteiger partial charge in [0.2, 0.25) is 0 Å². The van der Waals surface area contributed by atoms with Crippen LogP contribution in [0.4, 0.5) is 0 Å². The fourth-order valence-electron chi connectivity index (χ4n) is 1.95. The molecule has 20 heavy (non-hydrogen) atoms. The highest BCUT2D eigenvalue weighted by Gasteiger charge is 2.19. The molecule has 0 aliphatic carbocycles. The molecule has 1 aromatic rings. The number of rotatable bonds is 6. The first-order valence-electron chi connectivity index (χ1n) is 6.66. The molecule has 0 saturated carbocycles. The molecule has 0 bridgehead atoms. The van der Waals surface area contributed by atoms with Crippen molar-refractivity contribution >= 4 is 11.8 Å². The Morgan fingerprint density at radius 2 is 2.10 bits per heavy atom. The molecule has 2 rings (SSSR count). The molecule has 0 aromatic heterocycles. The molecule has 3 N–H and O–H groups in total. The predicted octanol–water partition coefficient (Wildman–Crippen LogP) is 1.27. The van der Waals surface area contributed by atoms with Gasteiger partial charge in [0, 0.05) is 29.7 Å². The number of fused-ring (bicyclic) bond motifs is 1. The van der Waals surface area contributed by atoms with Gasteiger partial charge in [-0.2, -0.15) is 0 Å². The highest BCUT2D eigenvalue weighted by atomic mass is 32.2. The molecule has 6 heteroatoms. The van der Waals surface area contributed by atoms with E-state index in [1.54, 1.807) is 7.11 Å². The van der Waals surface area contributed by atoms with Crippen molar-refractivity contribution < 1.29 is 19.3 Å². The number of benzene rings is 1. The van der Waals surface area contributed by atoms with E-state index in [0.717, 1.165) is 22.8 Å². The second kappa shape index (κ2) is 7.73. The van der Waals surface area contributed by atoms with E-state index < -0.39 is 0 Å². The zero-order chi connectivity index (χ0) is 14.4.